The van der Waals surface area contributed by atoms with Crippen LogP contribution in [-0.4, -0.2) is 33.6 Å². The van der Waals surface area contributed by atoms with Crippen LogP contribution in [0, 0.1) is 0 Å². The number of thioether (sulfide) groups is 1. The lowest BCUT2D eigenvalue weighted by Gasteiger charge is -2.27. The molecule has 178 valence electrons. The Morgan fingerprint density at radius 1 is 1.18 bits per heavy atom. The summed E-state index contributed by atoms with van der Waals surface area (Å²) in [7, 11) is 1.37. The fourth-order valence-electron chi connectivity index (χ4n) is 3.64. The summed E-state index contributed by atoms with van der Waals surface area (Å²) in [6, 6.07) is 12.3. The van der Waals surface area contributed by atoms with E-state index in [-0.39, 0.29) is 6.61 Å². The van der Waals surface area contributed by atoms with E-state index >= 15 is 0 Å². The van der Waals surface area contributed by atoms with Crippen LogP contribution in [0.5, 0.6) is 5.75 Å². The Kier molecular flexibility index (Phi) is 7.70. The zero-order chi connectivity index (χ0) is 24.2. The molecule has 2 heterocycles. The summed E-state index contributed by atoms with van der Waals surface area (Å²) >= 11 is 14.1. The zero-order valence-electron chi connectivity index (χ0n) is 19.0. The average molecular weight is 519 g/mol. The van der Waals surface area contributed by atoms with Gasteiger partial charge in [0.25, 0.3) is 0 Å². The van der Waals surface area contributed by atoms with Crippen LogP contribution in [0.3, 0.4) is 0 Å². The summed E-state index contributed by atoms with van der Waals surface area (Å²) < 4.78 is 12.7. The van der Waals surface area contributed by atoms with Crippen molar-refractivity contribution < 1.29 is 14.3 Å². The standard InChI is InChI=1S/C24H24Cl2N4O3S/c1-4-12-34-24-28-23-27-14(2)20(22(31)32-3)21(30(23)29-24)15-8-10-16(11-9-15)33-13-17-18(25)6-5-7-19(17)26/h5-11,21H,4,12-13H2,1-3H3,(H,27,28,29). The van der Waals surface area contributed by atoms with E-state index in [1.807, 2.05) is 31.2 Å². The largest absolute Gasteiger partial charge is 0.489 e. The van der Waals surface area contributed by atoms with E-state index in [1.54, 1.807) is 34.6 Å². The molecule has 0 fully saturated rings. The Labute approximate surface area is 212 Å². The minimum absolute atomic E-state index is 0.239. The summed E-state index contributed by atoms with van der Waals surface area (Å²) in [4.78, 5) is 17.3. The maximum Gasteiger partial charge on any atom is 0.338 e. The molecule has 1 aromatic heterocycles. The van der Waals surface area contributed by atoms with Crippen molar-refractivity contribution in [2.75, 3.05) is 18.2 Å². The molecular weight excluding hydrogens is 495 g/mol. The van der Waals surface area contributed by atoms with Gasteiger partial charge in [-0.1, -0.05) is 60.1 Å². The number of carbonyl (C=O) groups excluding carboxylic acids is 1. The maximum absolute atomic E-state index is 12.7. The van der Waals surface area contributed by atoms with Crippen molar-refractivity contribution in [2.45, 2.75) is 38.1 Å². The minimum Gasteiger partial charge on any atom is -0.489 e. The third-order valence-electron chi connectivity index (χ3n) is 5.31. The quantitative estimate of drug-likeness (QED) is 0.283. The van der Waals surface area contributed by atoms with E-state index in [4.69, 9.17) is 32.7 Å². The van der Waals surface area contributed by atoms with Gasteiger partial charge in [0.05, 0.1) is 12.7 Å². The molecule has 2 aromatic carbocycles. The zero-order valence-corrected chi connectivity index (χ0v) is 21.3. The van der Waals surface area contributed by atoms with Gasteiger partial charge in [0.1, 0.15) is 18.4 Å². The molecule has 1 aliphatic rings. The highest BCUT2D eigenvalue weighted by Crippen LogP contribution is 2.37. The van der Waals surface area contributed by atoms with Crippen LogP contribution in [0.15, 0.2) is 58.9 Å². The van der Waals surface area contributed by atoms with Crippen molar-refractivity contribution in [3.05, 3.63) is 74.9 Å². The first-order valence-corrected chi connectivity index (χ1v) is 12.5. The summed E-state index contributed by atoms with van der Waals surface area (Å²) in [5.41, 5.74) is 2.73. The van der Waals surface area contributed by atoms with Gasteiger partial charge in [-0.25, -0.2) is 9.48 Å². The lowest BCUT2D eigenvalue weighted by atomic mass is 9.96. The first-order valence-electron chi connectivity index (χ1n) is 10.7. The molecule has 0 spiro atoms. The fraction of sp³-hybridized carbons (Fsp3) is 0.292. The van der Waals surface area contributed by atoms with E-state index in [1.165, 1.54) is 7.11 Å². The molecule has 0 radical (unpaired) electrons. The second kappa shape index (κ2) is 10.7. The van der Waals surface area contributed by atoms with E-state index < -0.39 is 12.0 Å². The maximum atomic E-state index is 12.7. The van der Waals surface area contributed by atoms with Crippen LogP contribution in [-0.2, 0) is 16.1 Å². The van der Waals surface area contributed by atoms with Crippen molar-refractivity contribution >= 4 is 46.9 Å². The van der Waals surface area contributed by atoms with Gasteiger partial charge in [-0.3, -0.25) is 0 Å². The molecule has 1 aliphatic heterocycles. The Hall–Kier alpha value is -2.68. The van der Waals surface area contributed by atoms with Gasteiger partial charge >= 0.3 is 5.97 Å². The third kappa shape index (κ3) is 5.04. The van der Waals surface area contributed by atoms with Gasteiger partial charge in [-0.05, 0) is 43.2 Å². The van der Waals surface area contributed by atoms with E-state index in [0.29, 0.717) is 38.2 Å². The first kappa shape index (κ1) is 24.4. The molecule has 0 saturated heterocycles. The predicted octanol–water partition coefficient (Wildman–Crippen LogP) is 6.13. The number of anilines is 1. The molecule has 3 aromatic rings. The van der Waals surface area contributed by atoms with Crippen molar-refractivity contribution in [1.29, 1.82) is 0 Å². The summed E-state index contributed by atoms with van der Waals surface area (Å²) in [5.74, 6) is 1.72. The second-order valence-electron chi connectivity index (χ2n) is 7.63. The third-order valence-corrected chi connectivity index (χ3v) is 7.07. The number of halogens is 2. The number of nitrogens with one attached hydrogen (secondary N) is 1. The van der Waals surface area contributed by atoms with Crippen LogP contribution < -0.4 is 10.1 Å². The van der Waals surface area contributed by atoms with Crippen LogP contribution in [0.2, 0.25) is 10.0 Å². The Morgan fingerprint density at radius 2 is 1.88 bits per heavy atom. The molecule has 34 heavy (non-hydrogen) atoms. The molecule has 4 rings (SSSR count). The molecule has 7 nitrogen and oxygen atoms in total. The number of methoxy groups -OCH3 is 1. The SMILES string of the molecule is CCCSc1nc2n(n1)C(c1ccc(OCc3c(Cl)cccc3Cl)cc1)C(C(=O)OC)=C(C)N2. The number of aromatic nitrogens is 3. The number of carbonyl (C=O) groups is 1. The topological polar surface area (TPSA) is 78.3 Å². The number of benzene rings is 2. The van der Waals surface area contributed by atoms with E-state index in [2.05, 4.69) is 22.3 Å². The van der Waals surface area contributed by atoms with Crippen LogP contribution in [0.1, 0.15) is 37.4 Å². The molecule has 0 bridgehead atoms. The van der Waals surface area contributed by atoms with Gasteiger partial charge in [-0.2, -0.15) is 4.98 Å². The number of rotatable bonds is 8. The fourth-order valence-corrected chi connectivity index (χ4v) is 4.83. The summed E-state index contributed by atoms with van der Waals surface area (Å²) in [6.07, 6.45) is 1.01. The lowest BCUT2D eigenvalue weighted by molar-refractivity contribution is -0.136. The number of hydrogen-bond donors (Lipinski definition) is 1. The smallest absolute Gasteiger partial charge is 0.338 e. The summed E-state index contributed by atoms with van der Waals surface area (Å²) in [5, 5.41) is 9.62. The molecular formula is C24H24Cl2N4O3S. The first-order chi connectivity index (χ1) is 16.4. The minimum atomic E-state index is -0.487. The van der Waals surface area contributed by atoms with E-state index in [0.717, 1.165) is 23.3 Å². The van der Waals surface area contributed by atoms with Gasteiger partial charge in [-0.15, -0.1) is 5.10 Å². The molecule has 1 atom stereocenters. The van der Waals surface area contributed by atoms with Gasteiger partial charge in [0.15, 0.2) is 0 Å². The Bertz CT molecular complexity index is 1210. The van der Waals surface area contributed by atoms with Crippen molar-refractivity contribution in [1.82, 2.24) is 14.8 Å². The van der Waals surface area contributed by atoms with Crippen LogP contribution in [0.25, 0.3) is 0 Å². The predicted molar refractivity (Wildman–Crippen MR) is 135 cm³/mol. The van der Waals surface area contributed by atoms with Crippen molar-refractivity contribution in [3.63, 3.8) is 0 Å². The van der Waals surface area contributed by atoms with Gasteiger partial charge < -0.3 is 14.8 Å². The lowest BCUT2D eigenvalue weighted by Crippen LogP contribution is -2.29. The second-order valence-corrected chi connectivity index (χ2v) is 9.50. The van der Waals surface area contributed by atoms with Gasteiger partial charge in [0.2, 0.25) is 11.1 Å². The number of fused-ring (bicyclic) bond motifs is 1. The van der Waals surface area contributed by atoms with Crippen molar-refractivity contribution in [2.24, 2.45) is 0 Å². The molecule has 0 amide bonds. The molecule has 1 unspecified atom stereocenters. The number of hydrogen-bond acceptors (Lipinski definition) is 7. The Morgan fingerprint density at radius 3 is 2.53 bits per heavy atom. The molecule has 10 heteroatoms. The highest BCUT2D eigenvalue weighted by atomic mass is 35.5. The average Bonchev–Trinajstić information content (AvgIpc) is 3.23. The summed E-state index contributed by atoms with van der Waals surface area (Å²) in [6.45, 7) is 4.18. The van der Waals surface area contributed by atoms with Crippen LogP contribution >= 0.6 is 35.0 Å². The van der Waals surface area contributed by atoms with E-state index in [9.17, 15) is 4.79 Å². The molecule has 0 saturated carbocycles. The van der Waals surface area contributed by atoms with Crippen molar-refractivity contribution in [3.8, 4) is 5.75 Å². The normalized spacial score (nSPS) is 15.0. The highest BCUT2D eigenvalue weighted by Gasteiger charge is 2.35. The highest BCUT2D eigenvalue weighted by molar-refractivity contribution is 7.99. The molecule has 1 N–H and O–H groups in total. The molecule has 0 aliphatic carbocycles. The number of ether oxygens (including phenoxy) is 2. The number of nitrogens with zero attached hydrogens (tertiary/aromatic N) is 3. The monoisotopic (exact) mass is 518 g/mol. The van der Waals surface area contributed by atoms with Gasteiger partial charge in [0, 0.05) is 27.1 Å². The van der Waals surface area contributed by atoms with Crippen LogP contribution in [0.4, 0.5) is 5.95 Å². The number of esters is 1. The number of allylic oxidation sites excluding steroid dienone is 1. The Balaban J connectivity index is 1.63.